The summed E-state index contributed by atoms with van der Waals surface area (Å²) in [5.41, 5.74) is 1.78. The molecule has 3 rings (SSSR count). The van der Waals surface area contributed by atoms with Crippen molar-refractivity contribution in [3.63, 3.8) is 0 Å². The molecule has 0 aromatic heterocycles. The number of thioether (sulfide) groups is 1. The van der Waals surface area contributed by atoms with Gasteiger partial charge in [0.05, 0.1) is 6.42 Å². The summed E-state index contributed by atoms with van der Waals surface area (Å²) in [6.07, 6.45) is 2.09. The molecule has 1 heterocycles. The van der Waals surface area contributed by atoms with E-state index in [0.717, 1.165) is 11.1 Å². The van der Waals surface area contributed by atoms with Crippen molar-refractivity contribution in [3.8, 4) is 11.5 Å². The number of esters is 1. The Balaban J connectivity index is 1.46. The number of ether oxygens (including phenoxy) is 3. The summed E-state index contributed by atoms with van der Waals surface area (Å²) in [6, 6.07) is 13.4. The third-order valence-electron chi connectivity index (χ3n) is 4.32. The second-order valence-electron chi connectivity index (χ2n) is 6.41. The molecule has 0 atom stereocenters. The van der Waals surface area contributed by atoms with Crippen LogP contribution in [0.4, 0.5) is 0 Å². The predicted molar refractivity (Wildman–Crippen MR) is 107 cm³/mol. The molecule has 1 amide bonds. The number of hydrogen-bond donors (Lipinski definition) is 0. The number of likely N-dealkylation sites (N-methyl/N-ethyl adjacent to an activating group) is 1. The highest BCUT2D eigenvalue weighted by Gasteiger charge is 2.16. The topological polar surface area (TPSA) is 65.1 Å². The third-order valence-corrected chi connectivity index (χ3v) is 5.06. The molecular weight excluding hydrogens is 378 g/mol. The number of nitrogens with zero attached hydrogens (tertiary/aromatic N) is 1. The van der Waals surface area contributed by atoms with E-state index in [-0.39, 0.29) is 18.9 Å². The van der Waals surface area contributed by atoms with Crippen LogP contribution in [-0.2, 0) is 27.3 Å². The number of amides is 1. The lowest BCUT2D eigenvalue weighted by Gasteiger charge is -2.19. The Kier molecular flexibility index (Phi) is 6.81. The first-order valence-corrected chi connectivity index (χ1v) is 10.2. The van der Waals surface area contributed by atoms with Gasteiger partial charge in [-0.15, -0.1) is 11.8 Å². The number of carbonyl (C=O) groups excluding carboxylic acids is 2. The fourth-order valence-electron chi connectivity index (χ4n) is 2.76. The van der Waals surface area contributed by atoms with Crippen LogP contribution in [0.3, 0.4) is 0 Å². The lowest BCUT2D eigenvalue weighted by Crippen LogP contribution is -2.31. The maximum atomic E-state index is 12.2. The van der Waals surface area contributed by atoms with Gasteiger partial charge in [0.15, 0.2) is 18.1 Å². The highest BCUT2D eigenvalue weighted by atomic mass is 32.2. The van der Waals surface area contributed by atoms with Crippen molar-refractivity contribution in [2.75, 3.05) is 33.1 Å². The molecule has 6 nitrogen and oxygen atoms in total. The van der Waals surface area contributed by atoms with Crippen LogP contribution in [0.2, 0.25) is 0 Å². The summed E-state index contributed by atoms with van der Waals surface area (Å²) < 4.78 is 16.1. The highest BCUT2D eigenvalue weighted by Crippen LogP contribution is 2.30. The maximum Gasteiger partial charge on any atom is 0.310 e. The molecule has 0 aliphatic carbocycles. The van der Waals surface area contributed by atoms with Crippen LogP contribution in [0.5, 0.6) is 11.5 Å². The lowest BCUT2D eigenvalue weighted by atomic mass is 10.1. The Bertz CT molecular complexity index is 837. The van der Waals surface area contributed by atoms with E-state index in [1.165, 1.54) is 4.90 Å². The van der Waals surface area contributed by atoms with Gasteiger partial charge in [-0.2, -0.15) is 0 Å². The van der Waals surface area contributed by atoms with Gasteiger partial charge >= 0.3 is 5.97 Å². The molecule has 1 aliphatic rings. The monoisotopic (exact) mass is 401 g/mol. The normalized spacial score (nSPS) is 12.4. The first-order chi connectivity index (χ1) is 13.5. The van der Waals surface area contributed by atoms with Crippen molar-refractivity contribution in [2.45, 2.75) is 17.9 Å². The van der Waals surface area contributed by atoms with Crippen LogP contribution in [0, 0.1) is 0 Å². The van der Waals surface area contributed by atoms with Gasteiger partial charge in [0.2, 0.25) is 0 Å². The SMILES string of the molecule is CSc1ccc(CN(C)C(=O)COC(=O)Cc2ccc3c(c2)OCCO3)cc1. The molecule has 0 fully saturated rings. The molecule has 0 saturated carbocycles. The molecule has 0 radical (unpaired) electrons. The molecule has 2 aromatic rings. The quantitative estimate of drug-likeness (QED) is 0.525. The predicted octanol–water partition coefficient (Wildman–Crippen LogP) is 2.92. The molecule has 2 aromatic carbocycles. The van der Waals surface area contributed by atoms with E-state index >= 15 is 0 Å². The second kappa shape index (κ2) is 9.50. The molecule has 148 valence electrons. The number of hydrogen-bond acceptors (Lipinski definition) is 6. The van der Waals surface area contributed by atoms with Gasteiger partial charge in [0, 0.05) is 18.5 Å². The van der Waals surface area contributed by atoms with E-state index in [9.17, 15) is 9.59 Å². The minimum absolute atomic E-state index is 0.0732. The Morgan fingerprint density at radius 2 is 1.71 bits per heavy atom. The van der Waals surface area contributed by atoms with E-state index in [1.54, 1.807) is 41.9 Å². The molecule has 0 unspecified atom stereocenters. The molecule has 0 saturated heterocycles. The van der Waals surface area contributed by atoms with Crippen LogP contribution in [-0.4, -0.2) is 49.9 Å². The fourth-order valence-corrected chi connectivity index (χ4v) is 3.17. The van der Waals surface area contributed by atoms with Gasteiger partial charge in [0.25, 0.3) is 5.91 Å². The highest BCUT2D eigenvalue weighted by molar-refractivity contribution is 7.98. The van der Waals surface area contributed by atoms with Crippen molar-refractivity contribution in [3.05, 3.63) is 53.6 Å². The van der Waals surface area contributed by atoms with Gasteiger partial charge in [-0.1, -0.05) is 18.2 Å². The van der Waals surface area contributed by atoms with Gasteiger partial charge in [0.1, 0.15) is 13.2 Å². The Labute approximate surface area is 168 Å². The minimum Gasteiger partial charge on any atom is -0.486 e. The van der Waals surface area contributed by atoms with E-state index in [1.807, 2.05) is 30.5 Å². The van der Waals surface area contributed by atoms with Crippen LogP contribution in [0.1, 0.15) is 11.1 Å². The van der Waals surface area contributed by atoms with Crippen molar-refractivity contribution >= 4 is 23.6 Å². The van der Waals surface area contributed by atoms with Crippen molar-refractivity contribution in [1.29, 1.82) is 0 Å². The van der Waals surface area contributed by atoms with E-state index in [4.69, 9.17) is 14.2 Å². The number of rotatable bonds is 7. The molecule has 7 heteroatoms. The molecular formula is C21H23NO5S. The average Bonchev–Trinajstić information content (AvgIpc) is 2.72. The van der Waals surface area contributed by atoms with Gasteiger partial charge < -0.3 is 19.1 Å². The fraction of sp³-hybridized carbons (Fsp3) is 0.333. The summed E-state index contributed by atoms with van der Waals surface area (Å²) in [4.78, 5) is 27.0. The van der Waals surface area contributed by atoms with Crippen molar-refractivity contribution in [2.24, 2.45) is 0 Å². The Morgan fingerprint density at radius 1 is 1.04 bits per heavy atom. The van der Waals surface area contributed by atoms with Crippen LogP contribution >= 0.6 is 11.8 Å². The van der Waals surface area contributed by atoms with Crippen LogP contribution in [0.15, 0.2) is 47.4 Å². The van der Waals surface area contributed by atoms with Crippen molar-refractivity contribution in [1.82, 2.24) is 4.90 Å². The first kappa shape index (κ1) is 20.1. The lowest BCUT2D eigenvalue weighted by molar-refractivity contribution is -0.151. The molecule has 1 aliphatic heterocycles. The summed E-state index contributed by atoms with van der Waals surface area (Å²) in [5.74, 6) is 0.595. The smallest absolute Gasteiger partial charge is 0.310 e. The Hall–Kier alpha value is -2.67. The average molecular weight is 401 g/mol. The summed E-state index contributed by atoms with van der Waals surface area (Å²) >= 11 is 1.67. The van der Waals surface area contributed by atoms with Crippen molar-refractivity contribution < 1.29 is 23.8 Å². The van der Waals surface area contributed by atoms with E-state index in [0.29, 0.717) is 31.3 Å². The molecule has 0 N–H and O–H groups in total. The molecule has 0 bridgehead atoms. The molecule has 0 spiro atoms. The van der Waals surface area contributed by atoms with Crippen LogP contribution in [0.25, 0.3) is 0 Å². The number of benzene rings is 2. The van der Waals surface area contributed by atoms with Gasteiger partial charge in [-0.3, -0.25) is 9.59 Å². The zero-order chi connectivity index (χ0) is 19.9. The Morgan fingerprint density at radius 3 is 2.43 bits per heavy atom. The zero-order valence-electron chi connectivity index (χ0n) is 16.0. The van der Waals surface area contributed by atoms with Gasteiger partial charge in [-0.05, 0) is 41.6 Å². The number of fused-ring (bicyclic) bond motifs is 1. The van der Waals surface area contributed by atoms with E-state index in [2.05, 4.69) is 0 Å². The summed E-state index contributed by atoms with van der Waals surface area (Å²) in [7, 11) is 1.69. The van der Waals surface area contributed by atoms with E-state index < -0.39 is 5.97 Å². The minimum atomic E-state index is -0.456. The zero-order valence-corrected chi connectivity index (χ0v) is 16.8. The van der Waals surface area contributed by atoms with Crippen LogP contribution < -0.4 is 9.47 Å². The third kappa shape index (κ3) is 5.42. The maximum absolute atomic E-state index is 12.2. The molecule has 28 heavy (non-hydrogen) atoms. The van der Waals surface area contributed by atoms with Gasteiger partial charge in [-0.25, -0.2) is 0 Å². The first-order valence-electron chi connectivity index (χ1n) is 8.96. The second-order valence-corrected chi connectivity index (χ2v) is 7.29. The number of carbonyl (C=O) groups is 2. The standard InChI is InChI=1S/C21H23NO5S/c1-22(13-15-3-6-17(28-2)7-4-15)20(23)14-27-21(24)12-16-5-8-18-19(11-16)26-10-9-25-18/h3-8,11H,9-10,12-14H2,1-2H3. The largest absolute Gasteiger partial charge is 0.486 e. The summed E-state index contributed by atoms with van der Waals surface area (Å²) in [5, 5.41) is 0. The summed E-state index contributed by atoms with van der Waals surface area (Å²) in [6.45, 7) is 1.20.